The van der Waals surface area contributed by atoms with Crippen LogP contribution in [0.1, 0.15) is 53.2 Å². The van der Waals surface area contributed by atoms with Crippen LogP contribution in [0.3, 0.4) is 0 Å². The monoisotopic (exact) mass is 512 g/mol. The van der Waals surface area contributed by atoms with Crippen molar-refractivity contribution in [2.45, 2.75) is 39.3 Å². The summed E-state index contributed by atoms with van der Waals surface area (Å²) < 4.78 is 3.18. The number of hydrogen-bond donors (Lipinski definition) is 2. The van der Waals surface area contributed by atoms with E-state index in [2.05, 4.69) is 23.2 Å². The smallest absolute Gasteiger partial charge is 0.330 e. The third kappa shape index (κ3) is 4.20. The van der Waals surface area contributed by atoms with E-state index in [1.165, 1.54) is 4.57 Å². The maximum Gasteiger partial charge on any atom is 0.330 e. The fourth-order valence-corrected chi connectivity index (χ4v) is 5.48. The van der Waals surface area contributed by atoms with Gasteiger partial charge in [0.1, 0.15) is 0 Å². The van der Waals surface area contributed by atoms with E-state index in [4.69, 9.17) is 11.6 Å². The Bertz CT molecular complexity index is 1770. The largest absolute Gasteiger partial charge is 0.481 e. The van der Waals surface area contributed by atoms with Gasteiger partial charge in [0, 0.05) is 27.7 Å². The number of carbonyl (C=O) groups is 1. The Labute approximate surface area is 218 Å². The number of nitrogens with one attached hydrogen (secondary N) is 1. The van der Waals surface area contributed by atoms with Gasteiger partial charge in [-0.05, 0) is 73.9 Å². The molecule has 1 unspecified atom stereocenters. The summed E-state index contributed by atoms with van der Waals surface area (Å²) in [7, 11) is 0. The minimum Gasteiger partial charge on any atom is -0.481 e. The van der Waals surface area contributed by atoms with E-state index in [0.717, 1.165) is 27.6 Å². The summed E-state index contributed by atoms with van der Waals surface area (Å²) >= 11 is 6.08. The molecule has 2 atom stereocenters. The quantitative estimate of drug-likeness (QED) is 0.287. The van der Waals surface area contributed by atoms with Crippen LogP contribution < -0.4 is 5.69 Å². The number of nitrogens with zero attached hydrogens (tertiary/aromatic N) is 3. The normalized spacial score (nSPS) is 13.1. The Morgan fingerprint density at radius 2 is 1.81 bits per heavy atom. The van der Waals surface area contributed by atoms with Gasteiger partial charge in [-0.1, -0.05) is 29.8 Å². The molecule has 0 saturated carbocycles. The summed E-state index contributed by atoms with van der Waals surface area (Å²) in [6.07, 6.45) is 1.62. The number of aryl methyl sites for hydroxylation is 2. The number of carboxylic acids is 1. The van der Waals surface area contributed by atoms with E-state index in [1.54, 1.807) is 47.0 Å². The molecule has 0 radical (unpaired) electrons. The molecule has 0 amide bonds. The van der Waals surface area contributed by atoms with Crippen molar-refractivity contribution < 1.29 is 9.90 Å². The van der Waals surface area contributed by atoms with Gasteiger partial charge in [0.05, 0.1) is 41.2 Å². The number of imidazole rings is 1. The van der Waals surface area contributed by atoms with Crippen molar-refractivity contribution in [3.05, 3.63) is 104 Å². The van der Waals surface area contributed by atoms with Crippen molar-refractivity contribution in [3.8, 4) is 6.07 Å². The van der Waals surface area contributed by atoms with E-state index < -0.39 is 12.0 Å². The molecule has 5 rings (SSSR count). The van der Waals surface area contributed by atoms with E-state index in [9.17, 15) is 20.0 Å². The van der Waals surface area contributed by atoms with Crippen LogP contribution in [0.15, 0.2) is 65.6 Å². The minimum atomic E-state index is -1.04. The molecule has 7 nitrogen and oxygen atoms in total. The van der Waals surface area contributed by atoms with Gasteiger partial charge in [-0.25, -0.2) is 4.79 Å². The Morgan fingerprint density at radius 3 is 2.49 bits per heavy atom. The predicted octanol–water partition coefficient (Wildman–Crippen LogP) is 6.10. The molecule has 2 heterocycles. The maximum atomic E-state index is 14.2. The highest BCUT2D eigenvalue weighted by Crippen LogP contribution is 2.33. The first-order chi connectivity index (χ1) is 17.7. The van der Waals surface area contributed by atoms with Gasteiger partial charge in [0.2, 0.25) is 0 Å². The van der Waals surface area contributed by atoms with Gasteiger partial charge >= 0.3 is 11.7 Å². The highest BCUT2D eigenvalue weighted by atomic mass is 35.5. The first-order valence-corrected chi connectivity index (χ1v) is 12.3. The van der Waals surface area contributed by atoms with Crippen LogP contribution in [-0.4, -0.2) is 25.2 Å². The van der Waals surface area contributed by atoms with Crippen molar-refractivity contribution >= 4 is 39.5 Å². The summed E-state index contributed by atoms with van der Waals surface area (Å²) in [6.45, 7) is 6.05. The Kier molecular flexibility index (Phi) is 6.14. The molecular weight excluding hydrogens is 488 g/mol. The summed E-state index contributed by atoms with van der Waals surface area (Å²) in [5.41, 5.74) is 6.00. The molecule has 0 fully saturated rings. The number of fused-ring (bicyclic) bond motifs is 2. The molecule has 0 spiro atoms. The number of aliphatic carboxylic acids is 1. The second kappa shape index (κ2) is 9.30. The fourth-order valence-electron chi connectivity index (χ4n) is 5.36. The van der Waals surface area contributed by atoms with Gasteiger partial charge in [0.25, 0.3) is 0 Å². The van der Waals surface area contributed by atoms with Crippen molar-refractivity contribution in [3.63, 3.8) is 0 Å². The molecule has 2 N–H and O–H groups in total. The zero-order chi connectivity index (χ0) is 26.4. The maximum absolute atomic E-state index is 14.2. The fraction of sp³-hybridized carbons (Fsp3) is 0.207. The van der Waals surface area contributed by atoms with Gasteiger partial charge < -0.3 is 10.1 Å². The number of carboxylic acid groups (broad SMARTS) is 1. The van der Waals surface area contributed by atoms with E-state index in [0.29, 0.717) is 27.2 Å². The van der Waals surface area contributed by atoms with Gasteiger partial charge in [0.15, 0.2) is 0 Å². The summed E-state index contributed by atoms with van der Waals surface area (Å²) in [5, 5.41) is 20.9. The second-order valence-corrected chi connectivity index (χ2v) is 9.86. The molecule has 186 valence electrons. The Morgan fingerprint density at radius 1 is 1.08 bits per heavy atom. The molecule has 5 aromatic rings. The molecule has 0 aliphatic heterocycles. The molecule has 0 bridgehead atoms. The molecule has 37 heavy (non-hydrogen) atoms. The lowest BCUT2D eigenvalue weighted by Gasteiger charge is -2.18. The minimum absolute atomic E-state index is 0.308. The van der Waals surface area contributed by atoms with Gasteiger partial charge in [-0.2, -0.15) is 5.26 Å². The van der Waals surface area contributed by atoms with Crippen molar-refractivity contribution in [2.75, 3.05) is 0 Å². The zero-order valence-corrected chi connectivity index (χ0v) is 21.4. The molecule has 0 aliphatic carbocycles. The Balaban J connectivity index is 1.79. The van der Waals surface area contributed by atoms with Crippen LogP contribution in [0.25, 0.3) is 21.9 Å². The number of nitriles is 1. The van der Waals surface area contributed by atoms with Crippen molar-refractivity contribution in [2.24, 2.45) is 0 Å². The van der Waals surface area contributed by atoms with Crippen LogP contribution in [-0.2, 0) is 4.79 Å². The van der Waals surface area contributed by atoms with Gasteiger partial charge in [-0.3, -0.25) is 13.9 Å². The molecule has 2 aromatic heterocycles. The lowest BCUT2D eigenvalue weighted by Crippen LogP contribution is -2.31. The number of H-pyrrole nitrogens is 1. The van der Waals surface area contributed by atoms with Crippen LogP contribution in [0.4, 0.5) is 0 Å². The van der Waals surface area contributed by atoms with Crippen molar-refractivity contribution in [1.82, 2.24) is 14.1 Å². The van der Waals surface area contributed by atoms with Crippen LogP contribution in [0.2, 0.25) is 5.02 Å². The van der Waals surface area contributed by atoms with E-state index in [1.807, 2.05) is 27.0 Å². The molecule has 0 saturated heterocycles. The highest BCUT2D eigenvalue weighted by Gasteiger charge is 2.28. The third-order valence-corrected chi connectivity index (χ3v) is 7.21. The molecule has 0 aliphatic rings. The van der Waals surface area contributed by atoms with Crippen LogP contribution in [0.5, 0.6) is 0 Å². The standard InChI is InChI=1S/C29H25ClN4O3/c1-16-10-17(2)28-22(15-32-23(28)11-16)18(3)33-24-9-4-19(14-31)12-26(24)34(29(33)37)25(13-27(35)36)20-5-7-21(30)8-6-20/h4-12,15,18,25,32H,13H2,1-3H3,(H,35,36)/t18?,25-/m1/s1. The molecule has 8 heteroatoms. The molecular formula is C29H25ClN4O3. The number of benzene rings is 3. The third-order valence-electron chi connectivity index (χ3n) is 6.96. The highest BCUT2D eigenvalue weighted by molar-refractivity contribution is 6.30. The number of halogens is 1. The predicted molar refractivity (Wildman–Crippen MR) is 144 cm³/mol. The first kappa shape index (κ1) is 24.4. The lowest BCUT2D eigenvalue weighted by molar-refractivity contribution is -0.137. The average Bonchev–Trinajstić information content (AvgIpc) is 3.40. The lowest BCUT2D eigenvalue weighted by atomic mass is 10.0. The van der Waals surface area contributed by atoms with Gasteiger partial charge in [-0.15, -0.1) is 0 Å². The summed E-state index contributed by atoms with van der Waals surface area (Å²) in [5.74, 6) is -1.04. The van der Waals surface area contributed by atoms with E-state index >= 15 is 0 Å². The summed E-state index contributed by atoms with van der Waals surface area (Å²) in [4.78, 5) is 29.4. The topological polar surface area (TPSA) is 104 Å². The number of aromatic amines is 1. The number of hydrogen-bond acceptors (Lipinski definition) is 3. The zero-order valence-electron chi connectivity index (χ0n) is 20.6. The average molecular weight is 513 g/mol. The van der Waals surface area contributed by atoms with E-state index in [-0.39, 0.29) is 18.2 Å². The van der Waals surface area contributed by atoms with Crippen molar-refractivity contribution in [1.29, 1.82) is 5.26 Å². The summed E-state index contributed by atoms with van der Waals surface area (Å²) in [6, 6.07) is 17.1. The number of aromatic nitrogens is 3. The van der Waals surface area contributed by atoms with Crippen LogP contribution >= 0.6 is 11.6 Å². The van der Waals surface area contributed by atoms with Crippen LogP contribution in [0, 0.1) is 25.2 Å². The first-order valence-electron chi connectivity index (χ1n) is 11.9. The molecule has 3 aromatic carbocycles. The SMILES string of the molecule is Cc1cc(C)c2c(C(C)n3c(=O)n([C@H](CC(=O)O)c4ccc(Cl)cc4)c4cc(C#N)ccc43)c[nH]c2c1. The number of rotatable bonds is 6. The second-order valence-electron chi connectivity index (χ2n) is 9.43. The Hall–Kier alpha value is -4.28.